The Bertz CT molecular complexity index is 287. The number of nitrogens with zero attached hydrogens (tertiary/aromatic N) is 1. The van der Waals surface area contributed by atoms with E-state index in [2.05, 4.69) is 6.92 Å². The Balaban J connectivity index is 2.06. The van der Waals surface area contributed by atoms with Crippen molar-refractivity contribution in [3.8, 4) is 0 Å². The average molecular weight is 240 g/mol. The number of carbonyl (C=O) groups excluding carboxylic acids is 1. The summed E-state index contributed by atoms with van der Waals surface area (Å²) < 4.78 is 5.65. The van der Waals surface area contributed by atoms with Crippen LogP contribution in [0.2, 0.25) is 0 Å². The summed E-state index contributed by atoms with van der Waals surface area (Å²) in [6, 6.07) is 0.325. The van der Waals surface area contributed by atoms with Gasteiger partial charge in [-0.25, -0.2) is 0 Å². The summed E-state index contributed by atoms with van der Waals surface area (Å²) in [6.07, 6.45) is 4.04. The zero-order valence-electron chi connectivity index (χ0n) is 10.9. The molecule has 4 heteroatoms. The first-order valence-corrected chi connectivity index (χ1v) is 6.72. The molecular formula is C13H24N2O2. The van der Waals surface area contributed by atoms with Crippen LogP contribution in [0.25, 0.3) is 0 Å². The maximum absolute atomic E-state index is 12.6. The molecule has 0 radical (unpaired) electrons. The van der Waals surface area contributed by atoms with Crippen molar-refractivity contribution in [1.29, 1.82) is 0 Å². The molecule has 0 saturated carbocycles. The van der Waals surface area contributed by atoms with Crippen LogP contribution in [0.5, 0.6) is 0 Å². The van der Waals surface area contributed by atoms with E-state index < -0.39 is 5.60 Å². The van der Waals surface area contributed by atoms with Gasteiger partial charge in [-0.05, 0) is 52.0 Å². The molecule has 0 bridgehead atoms. The number of ether oxygens (including phenoxy) is 1. The maximum Gasteiger partial charge on any atom is 0.254 e. The molecular weight excluding hydrogens is 216 g/mol. The third-order valence-electron chi connectivity index (χ3n) is 4.25. The van der Waals surface area contributed by atoms with Crippen molar-refractivity contribution < 1.29 is 9.53 Å². The van der Waals surface area contributed by atoms with Crippen LogP contribution in [0.4, 0.5) is 0 Å². The number of nitrogens with two attached hydrogens (primary N) is 1. The Morgan fingerprint density at radius 1 is 1.53 bits per heavy atom. The molecule has 0 aromatic carbocycles. The van der Waals surface area contributed by atoms with E-state index in [4.69, 9.17) is 10.5 Å². The second-order valence-electron chi connectivity index (χ2n) is 5.67. The highest BCUT2D eigenvalue weighted by molar-refractivity contribution is 5.85. The smallest absolute Gasteiger partial charge is 0.254 e. The number of rotatable bonds is 2. The fraction of sp³-hybridized carbons (Fsp3) is 0.923. The Kier molecular flexibility index (Phi) is 3.73. The third kappa shape index (κ3) is 2.47. The summed E-state index contributed by atoms with van der Waals surface area (Å²) in [5, 5.41) is 0. The van der Waals surface area contributed by atoms with E-state index in [-0.39, 0.29) is 5.91 Å². The number of carbonyl (C=O) groups is 1. The highest BCUT2D eigenvalue weighted by atomic mass is 16.5. The summed E-state index contributed by atoms with van der Waals surface area (Å²) in [7, 11) is 0. The van der Waals surface area contributed by atoms with Gasteiger partial charge in [-0.2, -0.15) is 0 Å². The first-order chi connectivity index (χ1) is 8.07. The number of hydrogen-bond donors (Lipinski definition) is 1. The number of amides is 1. The van der Waals surface area contributed by atoms with Crippen molar-refractivity contribution in [2.24, 2.45) is 11.7 Å². The zero-order valence-corrected chi connectivity index (χ0v) is 10.9. The Morgan fingerprint density at radius 2 is 2.29 bits per heavy atom. The minimum atomic E-state index is -0.579. The van der Waals surface area contributed by atoms with Crippen molar-refractivity contribution in [2.45, 2.75) is 51.2 Å². The highest BCUT2D eigenvalue weighted by Crippen LogP contribution is 2.31. The number of likely N-dealkylation sites (tertiary alicyclic amines) is 1. The lowest BCUT2D eigenvalue weighted by atomic mass is 9.91. The van der Waals surface area contributed by atoms with Crippen LogP contribution in [0.15, 0.2) is 0 Å². The molecule has 4 nitrogen and oxygen atoms in total. The summed E-state index contributed by atoms with van der Waals surface area (Å²) in [6.45, 7) is 6.25. The van der Waals surface area contributed by atoms with Crippen molar-refractivity contribution in [2.75, 3.05) is 19.7 Å². The molecule has 2 aliphatic heterocycles. The van der Waals surface area contributed by atoms with Gasteiger partial charge >= 0.3 is 0 Å². The van der Waals surface area contributed by atoms with E-state index >= 15 is 0 Å². The SMILES string of the molecule is CC1CCC(CN)CN1C(=O)C1(C)CCCO1. The molecule has 17 heavy (non-hydrogen) atoms. The Morgan fingerprint density at radius 3 is 2.88 bits per heavy atom. The first kappa shape index (κ1) is 12.8. The zero-order chi connectivity index (χ0) is 12.5. The van der Waals surface area contributed by atoms with E-state index in [9.17, 15) is 4.79 Å². The van der Waals surface area contributed by atoms with E-state index in [0.717, 1.165) is 32.2 Å². The molecule has 0 spiro atoms. The van der Waals surface area contributed by atoms with Gasteiger partial charge in [-0.1, -0.05) is 0 Å². The van der Waals surface area contributed by atoms with E-state index in [1.54, 1.807) is 0 Å². The van der Waals surface area contributed by atoms with Gasteiger partial charge in [0.05, 0.1) is 0 Å². The van der Waals surface area contributed by atoms with Gasteiger partial charge in [0.2, 0.25) is 0 Å². The lowest BCUT2D eigenvalue weighted by Crippen LogP contribution is -2.54. The summed E-state index contributed by atoms with van der Waals surface area (Å²) in [5.74, 6) is 0.626. The van der Waals surface area contributed by atoms with Crippen LogP contribution in [-0.2, 0) is 9.53 Å². The molecule has 98 valence electrons. The molecule has 2 heterocycles. The molecule has 2 fully saturated rings. The van der Waals surface area contributed by atoms with E-state index in [0.29, 0.717) is 25.1 Å². The predicted octanol–water partition coefficient (Wildman–Crippen LogP) is 1.14. The van der Waals surface area contributed by atoms with Crippen LogP contribution in [0.1, 0.15) is 39.5 Å². The normalized spacial score (nSPS) is 38.4. The molecule has 2 rings (SSSR count). The highest BCUT2D eigenvalue weighted by Gasteiger charge is 2.43. The van der Waals surface area contributed by atoms with Gasteiger partial charge < -0.3 is 15.4 Å². The molecule has 0 aromatic heterocycles. The first-order valence-electron chi connectivity index (χ1n) is 6.72. The Labute approximate surface area is 103 Å². The quantitative estimate of drug-likeness (QED) is 0.787. The van der Waals surface area contributed by atoms with Crippen molar-refractivity contribution >= 4 is 5.91 Å². The number of piperidine rings is 1. The van der Waals surface area contributed by atoms with Crippen LogP contribution in [0.3, 0.4) is 0 Å². The summed E-state index contributed by atoms with van der Waals surface area (Å²) in [5.41, 5.74) is 5.15. The van der Waals surface area contributed by atoms with Crippen LogP contribution in [0, 0.1) is 5.92 Å². The van der Waals surface area contributed by atoms with E-state index in [1.807, 2.05) is 11.8 Å². The standard InChI is InChI=1S/C13H24N2O2/c1-10-4-5-11(8-14)9-15(10)12(16)13(2)6-3-7-17-13/h10-11H,3-9,14H2,1-2H3. The van der Waals surface area contributed by atoms with Crippen molar-refractivity contribution in [3.05, 3.63) is 0 Å². The molecule has 2 aliphatic rings. The molecule has 2 saturated heterocycles. The predicted molar refractivity (Wildman–Crippen MR) is 66.5 cm³/mol. The third-order valence-corrected chi connectivity index (χ3v) is 4.25. The van der Waals surface area contributed by atoms with Gasteiger partial charge in [-0.15, -0.1) is 0 Å². The number of hydrogen-bond acceptors (Lipinski definition) is 3. The average Bonchev–Trinajstić information content (AvgIpc) is 2.77. The van der Waals surface area contributed by atoms with Gasteiger partial charge in [0.15, 0.2) is 0 Å². The monoisotopic (exact) mass is 240 g/mol. The lowest BCUT2D eigenvalue weighted by Gasteiger charge is -2.41. The van der Waals surface area contributed by atoms with Crippen molar-refractivity contribution in [1.82, 2.24) is 4.90 Å². The van der Waals surface area contributed by atoms with Gasteiger partial charge in [-0.3, -0.25) is 4.79 Å². The Hall–Kier alpha value is -0.610. The van der Waals surface area contributed by atoms with Gasteiger partial charge in [0.25, 0.3) is 5.91 Å². The second kappa shape index (κ2) is 4.94. The maximum atomic E-state index is 12.6. The summed E-state index contributed by atoms with van der Waals surface area (Å²) in [4.78, 5) is 14.5. The minimum absolute atomic E-state index is 0.167. The van der Waals surface area contributed by atoms with Crippen LogP contribution < -0.4 is 5.73 Å². The molecule has 2 N–H and O–H groups in total. The molecule has 0 aliphatic carbocycles. The second-order valence-corrected chi connectivity index (χ2v) is 5.67. The van der Waals surface area contributed by atoms with E-state index in [1.165, 1.54) is 0 Å². The molecule has 3 unspecified atom stereocenters. The molecule has 0 aromatic rings. The van der Waals surface area contributed by atoms with Crippen molar-refractivity contribution in [3.63, 3.8) is 0 Å². The largest absolute Gasteiger partial charge is 0.365 e. The van der Waals surface area contributed by atoms with Gasteiger partial charge in [0, 0.05) is 19.2 Å². The lowest BCUT2D eigenvalue weighted by molar-refractivity contribution is -0.155. The van der Waals surface area contributed by atoms with Crippen LogP contribution in [-0.4, -0.2) is 42.1 Å². The van der Waals surface area contributed by atoms with Gasteiger partial charge in [0.1, 0.15) is 5.60 Å². The summed E-state index contributed by atoms with van der Waals surface area (Å²) >= 11 is 0. The fourth-order valence-corrected chi connectivity index (χ4v) is 2.91. The molecule has 3 atom stereocenters. The minimum Gasteiger partial charge on any atom is -0.365 e. The fourth-order valence-electron chi connectivity index (χ4n) is 2.91. The topological polar surface area (TPSA) is 55.6 Å². The molecule has 1 amide bonds. The van der Waals surface area contributed by atoms with Crippen LogP contribution >= 0.6 is 0 Å².